The average Bonchev–Trinajstić information content (AvgIpc) is 3.17. The van der Waals surface area contributed by atoms with E-state index in [2.05, 4.69) is 9.84 Å². The van der Waals surface area contributed by atoms with Crippen LogP contribution in [-0.2, 0) is 18.3 Å². The molecule has 1 aromatic heterocycles. The molecule has 8 nitrogen and oxygen atoms in total. The Morgan fingerprint density at radius 2 is 1.70 bits per heavy atom. The van der Waals surface area contributed by atoms with Crippen LogP contribution in [0, 0.1) is 6.92 Å². The summed E-state index contributed by atoms with van der Waals surface area (Å²) in [4.78, 5) is 11.4. The van der Waals surface area contributed by atoms with Crippen molar-refractivity contribution in [3.8, 4) is 34.3 Å². The summed E-state index contributed by atoms with van der Waals surface area (Å²) in [7, 11) is 3.28. The highest BCUT2D eigenvalue weighted by molar-refractivity contribution is 5.77. The molecule has 0 radical (unpaired) electrons. The topological polar surface area (TPSA) is 92.0 Å². The Balaban J connectivity index is 1.60. The Morgan fingerprint density at radius 1 is 1.03 bits per heavy atom. The van der Waals surface area contributed by atoms with E-state index in [9.17, 15) is 23.1 Å². The summed E-state index contributed by atoms with van der Waals surface area (Å²) in [6, 6.07) is 10.8. The van der Waals surface area contributed by atoms with Gasteiger partial charge in [-0.2, -0.15) is 5.10 Å². The van der Waals surface area contributed by atoms with Gasteiger partial charge in [0.25, 0.3) is 0 Å². The monoisotopic (exact) mass is 522 g/mol. The molecule has 0 unspecified atom stereocenters. The van der Waals surface area contributed by atoms with Crippen LogP contribution in [0.5, 0.6) is 23.0 Å². The van der Waals surface area contributed by atoms with E-state index < -0.39 is 17.9 Å². The van der Waals surface area contributed by atoms with Gasteiger partial charge in [-0.05, 0) is 75.6 Å². The van der Waals surface area contributed by atoms with Gasteiger partial charge >= 0.3 is 12.3 Å². The largest absolute Gasteiger partial charge is 0.573 e. The number of aliphatic carboxylic acids is 1. The second-order valence-electron chi connectivity index (χ2n) is 8.85. The van der Waals surface area contributed by atoms with Crippen LogP contribution < -0.4 is 18.9 Å². The molecule has 0 saturated heterocycles. The van der Waals surface area contributed by atoms with Crippen molar-refractivity contribution in [2.75, 3.05) is 13.7 Å². The minimum Gasteiger partial charge on any atom is -0.493 e. The molecule has 37 heavy (non-hydrogen) atoms. The Hall–Kier alpha value is -3.89. The van der Waals surface area contributed by atoms with Gasteiger partial charge < -0.3 is 24.1 Å². The zero-order chi connectivity index (χ0) is 27.4. The lowest BCUT2D eigenvalue weighted by atomic mass is 10.1. The number of rotatable bonds is 11. The number of nitrogens with zero attached hydrogens (tertiary/aromatic N) is 2. The van der Waals surface area contributed by atoms with Gasteiger partial charge in [0.2, 0.25) is 0 Å². The number of benzene rings is 2. The number of alkyl halides is 3. The highest BCUT2D eigenvalue weighted by atomic mass is 19.4. The Labute approximate surface area is 212 Å². The van der Waals surface area contributed by atoms with Crippen molar-refractivity contribution in [3.63, 3.8) is 0 Å². The third-order valence-corrected chi connectivity index (χ3v) is 5.54. The minimum atomic E-state index is -4.74. The first-order chi connectivity index (χ1) is 17.3. The zero-order valence-electron chi connectivity index (χ0n) is 21.2. The summed E-state index contributed by atoms with van der Waals surface area (Å²) < 4.78 is 59.7. The zero-order valence-corrected chi connectivity index (χ0v) is 21.2. The second kappa shape index (κ2) is 11.0. The number of hydrogen-bond acceptors (Lipinski definition) is 6. The van der Waals surface area contributed by atoms with Gasteiger partial charge in [-0.1, -0.05) is 0 Å². The van der Waals surface area contributed by atoms with Crippen LogP contribution >= 0.6 is 0 Å². The fourth-order valence-corrected chi connectivity index (χ4v) is 3.49. The van der Waals surface area contributed by atoms with Gasteiger partial charge in [-0.3, -0.25) is 4.68 Å². The standard InChI is InChI=1S/C26H29F3N2O6/c1-16-13-23(22(34-5)15-21(16)37-25(2,3)24(32)33)35-12-6-7-18-14-20(30-31(18)4)17-8-10-19(11-9-17)36-26(27,28)29/h8-11,13-15H,6-7,12H2,1-5H3,(H,32,33). The van der Waals surface area contributed by atoms with E-state index in [1.165, 1.54) is 45.2 Å². The first-order valence-corrected chi connectivity index (χ1v) is 11.4. The molecule has 200 valence electrons. The quantitative estimate of drug-likeness (QED) is 0.330. The summed E-state index contributed by atoms with van der Waals surface area (Å²) in [6.45, 7) is 5.10. The molecule has 3 aromatic rings. The number of hydrogen-bond donors (Lipinski definition) is 1. The van der Waals surface area contributed by atoms with Crippen LogP contribution in [-0.4, -0.2) is 46.5 Å². The van der Waals surface area contributed by atoms with Crippen molar-refractivity contribution >= 4 is 5.97 Å². The first kappa shape index (κ1) is 27.7. The lowest BCUT2D eigenvalue weighted by Crippen LogP contribution is -2.38. The molecule has 3 rings (SSSR count). The third-order valence-electron chi connectivity index (χ3n) is 5.54. The van der Waals surface area contributed by atoms with Crippen molar-refractivity contribution in [1.29, 1.82) is 0 Å². The SMILES string of the molecule is COc1cc(OC(C)(C)C(=O)O)c(C)cc1OCCCc1cc(-c2ccc(OC(F)(F)F)cc2)nn1C. The van der Waals surface area contributed by atoms with E-state index in [0.29, 0.717) is 53.5 Å². The number of aromatic nitrogens is 2. The smallest absolute Gasteiger partial charge is 0.493 e. The van der Waals surface area contributed by atoms with E-state index in [4.69, 9.17) is 14.2 Å². The molecule has 11 heteroatoms. The van der Waals surface area contributed by atoms with E-state index in [0.717, 1.165) is 5.69 Å². The molecule has 0 aliphatic carbocycles. The summed E-state index contributed by atoms with van der Waals surface area (Å²) in [5.74, 6) is -0.0654. The molecular weight excluding hydrogens is 493 g/mol. The third kappa shape index (κ3) is 7.31. The van der Waals surface area contributed by atoms with Crippen molar-refractivity contribution in [2.45, 2.75) is 45.6 Å². The number of carboxylic acids is 1. The number of ether oxygens (including phenoxy) is 4. The molecular formula is C26H29F3N2O6. The molecule has 0 aliphatic heterocycles. The summed E-state index contributed by atoms with van der Waals surface area (Å²) in [5.41, 5.74) is 1.53. The summed E-state index contributed by atoms with van der Waals surface area (Å²) in [6.07, 6.45) is -3.44. The van der Waals surface area contributed by atoms with Gasteiger partial charge in [0.05, 0.1) is 19.4 Å². The maximum atomic E-state index is 12.4. The van der Waals surface area contributed by atoms with Gasteiger partial charge in [0.15, 0.2) is 17.1 Å². The maximum Gasteiger partial charge on any atom is 0.573 e. The summed E-state index contributed by atoms with van der Waals surface area (Å²) in [5, 5.41) is 13.8. The van der Waals surface area contributed by atoms with Crippen molar-refractivity contribution in [3.05, 3.63) is 53.7 Å². The number of methoxy groups -OCH3 is 1. The van der Waals surface area contributed by atoms with Gasteiger partial charge in [-0.15, -0.1) is 13.2 Å². The Bertz CT molecular complexity index is 1240. The van der Waals surface area contributed by atoms with E-state index in [1.807, 2.05) is 6.07 Å². The summed E-state index contributed by atoms with van der Waals surface area (Å²) >= 11 is 0. The highest BCUT2D eigenvalue weighted by Crippen LogP contribution is 2.36. The Kier molecular flexibility index (Phi) is 8.25. The molecule has 0 atom stereocenters. The molecule has 0 spiro atoms. The van der Waals surface area contributed by atoms with E-state index in [-0.39, 0.29) is 5.75 Å². The van der Waals surface area contributed by atoms with Crippen molar-refractivity contribution in [2.24, 2.45) is 7.05 Å². The van der Waals surface area contributed by atoms with Crippen LogP contribution in [0.4, 0.5) is 13.2 Å². The van der Waals surface area contributed by atoms with Crippen LogP contribution in [0.2, 0.25) is 0 Å². The molecule has 1 N–H and O–H groups in total. The molecule has 0 fully saturated rings. The van der Waals surface area contributed by atoms with E-state index >= 15 is 0 Å². The van der Waals surface area contributed by atoms with Crippen molar-refractivity contribution < 1.29 is 42.0 Å². The number of aryl methyl sites for hydroxylation is 3. The van der Waals surface area contributed by atoms with Crippen molar-refractivity contribution in [1.82, 2.24) is 9.78 Å². The Morgan fingerprint density at radius 3 is 2.30 bits per heavy atom. The van der Waals surface area contributed by atoms with Gasteiger partial charge in [0.1, 0.15) is 11.5 Å². The van der Waals surface area contributed by atoms with Crippen LogP contribution in [0.1, 0.15) is 31.5 Å². The van der Waals surface area contributed by atoms with Gasteiger partial charge in [0, 0.05) is 24.4 Å². The number of carboxylic acid groups (broad SMARTS) is 1. The predicted molar refractivity (Wildman–Crippen MR) is 129 cm³/mol. The molecule has 0 bridgehead atoms. The van der Waals surface area contributed by atoms with Gasteiger partial charge in [-0.25, -0.2) is 4.79 Å². The number of carbonyl (C=O) groups is 1. The van der Waals surface area contributed by atoms with Crippen LogP contribution in [0.25, 0.3) is 11.3 Å². The first-order valence-electron chi connectivity index (χ1n) is 11.4. The maximum absolute atomic E-state index is 12.4. The molecule has 0 amide bonds. The highest BCUT2D eigenvalue weighted by Gasteiger charge is 2.31. The van der Waals surface area contributed by atoms with Crippen LogP contribution in [0.15, 0.2) is 42.5 Å². The normalized spacial score (nSPS) is 11.8. The fraction of sp³-hybridized carbons (Fsp3) is 0.385. The molecule has 0 saturated carbocycles. The predicted octanol–water partition coefficient (Wildman–Crippen LogP) is 5.56. The second-order valence-corrected chi connectivity index (χ2v) is 8.85. The minimum absolute atomic E-state index is 0.291. The van der Waals surface area contributed by atoms with E-state index in [1.54, 1.807) is 30.8 Å². The molecule has 0 aliphatic rings. The molecule has 2 aromatic carbocycles. The lowest BCUT2D eigenvalue weighted by molar-refractivity contribution is -0.274. The lowest BCUT2D eigenvalue weighted by Gasteiger charge is -2.23. The molecule has 1 heterocycles. The van der Waals surface area contributed by atoms with Crippen LogP contribution in [0.3, 0.4) is 0 Å². The fourth-order valence-electron chi connectivity index (χ4n) is 3.49. The number of halogens is 3. The average molecular weight is 523 g/mol.